The Labute approximate surface area is 102 Å². The Balaban J connectivity index is 0. The molecular formula is C10H19NY-2. The van der Waals surface area contributed by atoms with Crippen molar-refractivity contribution in [1.29, 1.82) is 0 Å². The number of nitrogens with zero attached hydrogens (tertiary/aromatic N) is 1. The van der Waals surface area contributed by atoms with Crippen molar-refractivity contribution in [1.82, 2.24) is 0 Å². The summed E-state index contributed by atoms with van der Waals surface area (Å²) in [4.78, 5) is 4.40. The van der Waals surface area contributed by atoms with Crippen LogP contribution in [0.2, 0.25) is 0 Å². The van der Waals surface area contributed by atoms with E-state index < -0.39 is 0 Å². The number of aliphatic imine (C=N–C) groups is 1. The van der Waals surface area contributed by atoms with Crippen molar-refractivity contribution in [3.05, 3.63) is 13.3 Å². The van der Waals surface area contributed by atoms with Crippen molar-refractivity contribution >= 4 is 5.71 Å². The first kappa shape index (κ1) is 15.3. The van der Waals surface area contributed by atoms with Crippen LogP contribution in [0.3, 0.4) is 0 Å². The molecule has 0 saturated heterocycles. The molecule has 0 saturated carbocycles. The molecule has 69 valence electrons. The number of hydrogen-bond acceptors (Lipinski definition) is 1. The first-order valence-electron chi connectivity index (χ1n) is 4.49. The maximum Gasteiger partial charge on any atom is 0.00373 e. The summed E-state index contributed by atoms with van der Waals surface area (Å²) in [5.41, 5.74) is 1.28. The Bertz CT molecular complexity index is 121. The second-order valence-corrected chi connectivity index (χ2v) is 2.49. The summed E-state index contributed by atoms with van der Waals surface area (Å²) in [5.74, 6) is 0. The maximum absolute atomic E-state index is 4.40. The summed E-state index contributed by atoms with van der Waals surface area (Å²) in [6.45, 7) is 9.90. The van der Waals surface area contributed by atoms with Gasteiger partial charge in [-0.3, -0.25) is 0 Å². The van der Waals surface area contributed by atoms with E-state index in [0.717, 1.165) is 12.8 Å². The van der Waals surface area contributed by atoms with Crippen LogP contribution in [0.4, 0.5) is 0 Å². The van der Waals surface area contributed by atoms with E-state index in [0.29, 0.717) is 6.04 Å². The average molecular weight is 242 g/mol. The van der Waals surface area contributed by atoms with Gasteiger partial charge in [-0.2, -0.15) is 12.8 Å². The van der Waals surface area contributed by atoms with Crippen LogP contribution < -0.4 is 0 Å². The molecule has 0 aromatic carbocycles. The molecule has 0 aliphatic carbocycles. The Morgan fingerprint density at radius 2 is 2.17 bits per heavy atom. The zero-order valence-corrected chi connectivity index (χ0v) is 11.3. The van der Waals surface area contributed by atoms with E-state index in [1.165, 1.54) is 12.1 Å². The van der Waals surface area contributed by atoms with Crippen molar-refractivity contribution < 1.29 is 32.7 Å². The normalized spacial score (nSPS) is 21.3. The number of rotatable bonds is 1. The van der Waals surface area contributed by atoms with Crippen LogP contribution in [-0.2, 0) is 32.7 Å². The van der Waals surface area contributed by atoms with E-state index in [1.807, 2.05) is 13.8 Å². The van der Waals surface area contributed by atoms with Crippen molar-refractivity contribution in [2.24, 2.45) is 4.99 Å². The van der Waals surface area contributed by atoms with E-state index in [1.54, 1.807) is 0 Å². The fourth-order valence-corrected chi connectivity index (χ4v) is 1.07. The van der Waals surface area contributed by atoms with E-state index in [-0.39, 0.29) is 32.7 Å². The monoisotopic (exact) mass is 242 g/mol. The molecule has 1 rings (SSSR count). The van der Waals surface area contributed by atoms with Crippen LogP contribution >= 0.6 is 0 Å². The van der Waals surface area contributed by atoms with Crippen LogP contribution in [0.25, 0.3) is 0 Å². The summed E-state index contributed by atoms with van der Waals surface area (Å²) in [5, 5.41) is 0. The topological polar surface area (TPSA) is 12.4 Å². The molecule has 0 bridgehead atoms. The third-order valence-corrected chi connectivity index (χ3v) is 1.63. The van der Waals surface area contributed by atoms with Gasteiger partial charge in [0.15, 0.2) is 0 Å². The van der Waals surface area contributed by atoms with E-state index >= 15 is 0 Å². The average Bonchev–Trinajstić information content (AvgIpc) is 2.08. The summed E-state index contributed by atoms with van der Waals surface area (Å²) >= 11 is 0. The second-order valence-electron chi connectivity index (χ2n) is 2.49. The molecule has 0 spiro atoms. The predicted molar refractivity (Wildman–Crippen MR) is 51.8 cm³/mol. The Kier molecular flexibility index (Phi) is 12.5. The molecule has 1 heterocycles. The molecule has 1 atom stereocenters. The molecule has 12 heavy (non-hydrogen) atoms. The molecular weight excluding hydrogens is 223 g/mol. The zero-order chi connectivity index (χ0) is 8.69. The van der Waals surface area contributed by atoms with Crippen LogP contribution in [-0.4, -0.2) is 11.8 Å². The van der Waals surface area contributed by atoms with E-state index in [9.17, 15) is 0 Å². The SMILES string of the molecule is CC.[CH2-]CC1[CH-]CCC(C)=N1.[Y]. The molecule has 0 N–H and O–H groups in total. The van der Waals surface area contributed by atoms with Crippen molar-refractivity contribution in [3.8, 4) is 0 Å². The summed E-state index contributed by atoms with van der Waals surface area (Å²) < 4.78 is 0. The standard InChI is InChI=1S/C8H13N.C2H6.Y/c1-3-8-6-4-5-7(2)9-8;1-2;/h6,8H,1,3-5H2,2H3;1-2H3;/q-2;;. The predicted octanol–water partition coefficient (Wildman–Crippen LogP) is 3.06. The van der Waals surface area contributed by atoms with Crippen LogP contribution in [0.1, 0.15) is 40.0 Å². The molecule has 0 fully saturated rings. The van der Waals surface area contributed by atoms with Crippen molar-refractivity contribution in [3.63, 3.8) is 0 Å². The summed E-state index contributed by atoms with van der Waals surface area (Å²) in [7, 11) is 0. The van der Waals surface area contributed by atoms with Gasteiger partial charge in [0.05, 0.1) is 0 Å². The molecule has 0 aromatic heterocycles. The van der Waals surface area contributed by atoms with Gasteiger partial charge in [0, 0.05) is 38.4 Å². The van der Waals surface area contributed by atoms with Gasteiger partial charge in [-0.25, -0.2) is 0 Å². The molecule has 2 heteroatoms. The zero-order valence-electron chi connectivity index (χ0n) is 8.51. The van der Waals surface area contributed by atoms with Crippen molar-refractivity contribution in [2.45, 2.75) is 46.1 Å². The minimum atomic E-state index is 0. The van der Waals surface area contributed by atoms with Crippen LogP contribution in [0.15, 0.2) is 4.99 Å². The van der Waals surface area contributed by atoms with Gasteiger partial charge < -0.3 is 18.3 Å². The largest absolute Gasteiger partial charge is 0.344 e. The first-order chi connectivity index (χ1) is 5.33. The molecule has 1 unspecified atom stereocenters. The fourth-order valence-electron chi connectivity index (χ4n) is 1.07. The quantitative estimate of drug-likeness (QED) is 0.626. The molecule has 1 radical (unpaired) electrons. The summed E-state index contributed by atoms with van der Waals surface area (Å²) in [6, 6.07) is 0.416. The van der Waals surface area contributed by atoms with Crippen LogP contribution in [0.5, 0.6) is 0 Å². The Morgan fingerprint density at radius 3 is 2.50 bits per heavy atom. The van der Waals surface area contributed by atoms with Gasteiger partial charge in [0.1, 0.15) is 0 Å². The van der Waals surface area contributed by atoms with E-state index in [4.69, 9.17) is 0 Å². The maximum atomic E-state index is 4.40. The minimum Gasteiger partial charge on any atom is -0.344 e. The first-order valence-corrected chi connectivity index (χ1v) is 4.49. The third kappa shape index (κ3) is 6.31. The second kappa shape index (κ2) is 9.86. The van der Waals surface area contributed by atoms with Gasteiger partial charge in [0.25, 0.3) is 0 Å². The molecule has 1 aliphatic rings. The Hall–Kier alpha value is 0.774. The minimum absolute atomic E-state index is 0. The molecule has 1 nitrogen and oxygen atoms in total. The van der Waals surface area contributed by atoms with Gasteiger partial charge in [-0.1, -0.05) is 13.8 Å². The molecule has 0 aromatic rings. The van der Waals surface area contributed by atoms with Crippen molar-refractivity contribution in [2.75, 3.05) is 0 Å². The van der Waals surface area contributed by atoms with Gasteiger partial charge in [-0.05, 0) is 13.3 Å². The number of hydrogen-bond donors (Lipinski definition) is 0. The van der Waals surface area contributed by atoms with Gasteiger partial charge in [0.2, 0.25) is 0 Å². The van der Waals surface area contributed by atoms with E-state index in [2.05, 4.69) is 25.3 Å². The molecule has 0 amide bonds. The molecule has 1 aliphatic heterocycles. The third-order valence-electron chi connectivity index (χ3n) is 1.63. The van der Waals surface area contributed by atoms with Gasteiger partial charge in [-0.15, -0.1) is 6.04 Å². The Morgan fingerprint density at radius 1 is 1.58 bits per heavy atom. The fraction of sp³-hybridized carbons (Fsp3) is 0.700. The van der Waals surface area contributed by atoms with Crippen LogP contribution in [0, 0.1) is 13.3 Å². The smallest absolute Gasteiger partial charge is 0.00373 e. The van der Waals surface area contributed by atoms with Gasteiger partial charge >= 0.3 is 0 Å². The summed E-state index contributed by atoms with van der Waals surface area (Å²) in [6.07, 6.45) is 5.50.